The van der Waals surface area contributed by atoms with Crippen molar-refractivity contribution in [2.75, 3.05) is 43.8 Å². The Balaban J connectivity index is 1.57. The van der Waals surface area contributed by atoms with Gasteiger partial charge in [-0.3, -0.25) is 14.2 Å². The molecular formula is C33H43N8O6P. The minimum absolute atomic E-state index is 0.0708. The van der Waals surface area contributed by atoms with Gasteiger partial charge >= 0.3 is 11.9 Å². The van der Waals surface area contributed by atoms with Crippen LogP contribution in [0.2, 0.25) is 0 Å². The van der Waals surface area contributed by atoms with Gasteiger partial charge in [0.2, 0.25) is 13.4 Å². The van der Waals surface area contributed by atoms with E-state index in [1.54, 1.807) is 30.8 Å². The van der Waals surface area contributed by atoms with Crippen molar-refractivity contribution in [1.29, 1.82) is 0 Å². The lowest BCUT2D eigenvalue weighted by molar-refractivity contribution is -0.145. The van der Waals surface area contributed by atoms with Crippen molar-refractivity contribution in [3.05, 3.63) is 90.8 Å². The lowest BCUT2D eigenvalue weighted by Crippen LogP contribution is -2.46. The standard InChI is InChI=1S/C33H43N8O6P/c1-4-17-35-29-28-30(38-33(34)37-29)41(22-36-28)18-19-45-23-48(44,39-26(31(42)46-5-2)20-24-13-9-7-10-14-24)40-27(32(43)47-6-3)21-25-15-11-8-12-16-25/h4,7-16,22,26-27H,1,5-6,17-21,23H2,2-3H3,(H2,39,40,44)(H3,34,35,37,38)/t26-,27-/m0/s1. The highest BCUT2D eigenvalue weighted by molar-refractivity contribution is 7.59. The number of carbonyl (C=O) groups excluding carboxylic acids is 2. The summed E-state index contributed by atoms with van der Waals surface area (Å²) in [6.45, 7) is 8.21. The summed E-state index contributed by atoms with van der Waals surface area (Å²) in [6.07, 6.45) is 3.30. The van der Waals surface area contributed by atoms with E-state index >= 15 is 0 Å². The smallest absolute Gasteiger partial charge is 0.323 e. The number of anilines is 2. The maximum absolute atomic E-state index is 14.8. The molecule has 15 heteroatoms. The zero-order valence-corrected chi connectivity index (χ0v) is 28.1. The second-order valence-electron chi connectivity index (χ2n) is 10.7. The van der Waals surface area contributed by atoms with Gasteiger partial charge in [0, 0.05) is 13.1 Å². The van der Waals surface area contributed by atoms with Crippen LogP contribution < -0.4 is 21.2 Å². The summed E-state index contributed by atoms with van der Waals surface area (Å²) in [7, 11) is -3.86. The Morgan fingerprint density at radius 1 is 0.938 bits per heavy atom. The van der Waals surface area contributed by atoms with E-state index in [0.717, 1.165) is 11.1 Å². The van der Waals surface area contributed by atoms with Crippen molar-refractivity contribution >= 4 is 42.3 Å². The summed E-state index contributed by atoms with van der Waals surface area (Å²) >= 11 is 0. The highest BCUT2D eigenvalue weighted by Gasteiger charge is 2.35. The van der Waals surface area contributed by atoms with Gasteiger partial charge in [-0.2, -0.15) is 9.97 Å². The van der Waals surface area contributed by atoms with Crippen molar-refractivity contribution in [3.63, 3.8) is 0 Å². The number of esters is 2. The highest BCUT2D eigenvalue weighted by Crippen LogP contribution is 2.39. The molecule has 0 saturated heterocycles. The molecule has 0 spiro atoms. The van der Waals surface area contributed by atoms with E-state index < -0.39 is 31.5 Å². The first-order valence-corrected chi connectivity index (χ1v) is 17.6. The Kier molecular flexibility index (Phi) is 13.6. The number of nitrogens with zero attached hydrogens (tertiary/aromatic N) is 4. The molecule has 256 valence electrons. The summed E-state index contributed by atoms with van der Waals surface area (Å²) in [5.74, 6) is -0.618. The third-order valence-electron chi connectivity index (χ3n) is 7.08. The molecular weight excluding hydrogens is 635 g/mol. The Bertz CT molecular complexity index is 1620. The van der Waals surface area contributed by atoms with Gasteiger partial charge in [0.25, 0.3) is 0 Å². The van der Waals surface area contributed by atoms with E-state index in [1.807, 2.05) is 60.7 Å². The number of fused-ring (bicyclic) bond motifs is 1. The predicted molar refractivity (Wildman–Crippen MR) is 184 cm³/mol. The fraction of sp³-hybridized carbons (Fsp3) is 0.364. The summed E-state index contributed by atoms with van der Waals surface area (Å²) in [4.78, 5) is 39.3. The zero-order chi connectivity index (χ0) is 34.4. The number of hydrogen-bond donors (Lipinski definition) is 4. The number of rotatable bonds is 20. The number of nitrogens with one attached hydrogen (secondary N) is 3. The van der Waals surface area contributed by atoms with E-state index in [0.29, 0.717) is 23.5 Å². The zero-order valence-electron chi connectivity index (χ0n) is 27.2. The monoisotopic (exact) mass is 678 g/mol. The van der Waals surface area contributed by atoms with Crippen molar-refractivity contribution in [1.82, 2.24) is 29.7 Å². The van der Waals surface area contributed by atoms with Crippen LogP contribution in [0.3, 0.4) is 0 Å². The SMILES string of the molecule is C=CCNc1nc(N)nc2c1ncn2CCOCP(=O)(N[C@@H](Cc1ccccc1)C(=O)OCC)N[C@@H](Cc1ccccc1)C(=O)OCC. The summed E-state index contributed by atoms with van der Waals surface area (Å²) in [5.41, 5.74) is 8.62. The van der Waals surface area contributed by atoms with E-state index in [1.165, 1.54) is 0 Å². The quantitative estimate of drug-likeness (QED) is 0.0460. The fourth-order valence-electron chi connectivity index (χ4n) is 4.94. The molecule has 0 saturated carbocycles. The van der Waals surface area contributed by atoms with Crippen LogP contribution in [0.1, 0.15) is 25.0 Å². The molecule has 0 aliphatic heterocycles. The fourth-order valence-corrected chi connectivity index (χ4v) is 6.95. The number of benzene rings is 2. The Morgan fingerprint density at radius 3 is 2.02 bits per heavy atom. The third kappa shape index (κ3) is 10.4. The van der Waals surface area contributed by atoms with Gasteiger partial charge < -0.3 is 29.8 Å². The van der Waals surface area contributed by atoms with Crippen molar-refractivity contribution < 1.29 is 28.4 Å². The Labute approximate surface area is 280 Å². The molecule has 4 aromatic rings. The van der Waals surface area contributed by atoms with Crippen LogP contribution in [0.4, 0.5) is 11.8 Å². The molecule has 0 amide bonds. The van der Waals surface area contributed by atoms with Gasteiger partial charge in [0.05, 0.1) is 26.1 Å². The van der Waals surface area contributed by atoms with Gasteiger partial charge in [0.1, 0.15) is 18.4 Å². The maximum atomic E-state index is 14.8. The summed E-state index contributed by atoms with van der Waals surface area (Å²) in [6, 6.07) is 16.6. The molecule has 4 rings (SSSR count). The van der Waals surface area contributed by atoms with E-state index in [4.69, 9.17) is 19.9 Å². The van der Waals surface area contributed by atoms with E-state index in [-0.39, 0.29) is 51.5 Å². The molecule has 0 aliphatic carbocycles. The van der Waals surface area contributed by atoms with Crippen LogP contribution >= 0.6 is 7.44 Å². The van der Waals surface area contributed by atoms with Gasteiger partial charge in [-0.25, -0.2) is 15.2 Å². The third-order valence-corrected chi connectivity index (χ3v) is 9.08. The Hall–Kier alpha value is -4.62. The van der Waals surface area contributed by atoms with Crippen molar-refractivity contribution in [2.45, 2.75) is 45.3 Å². The minimum Gasteiger partial charge on any atom is -0.465 e. The average Bonchev–Trinajstić information content (AvgIpc) is 3.48. The van der Waals surface area contributed by atoms with E-state index in [2.05, 4.69) is 37.0 Å². The molecule has 2 aromatic heterocycles. The molecule has 0 radical (unpaired) electrons. The number of hydrogen-bond acceptors (Lipinski definition) is 11. The van der Waals surface area contributed by atoms with Crippen LogP contribution in [-0.4, -0.2) is 76.3 Å². The first kappa shape index (κ1) is 36.2. The number of imidazole rings is 1. The van der Waals surface area contributed by atoms with Gasteiger partial charge in [-0.1, -0.05) is 66.7 Å². The van der Waals surface area contributed by atoms with Crippen LogP contribution in [0.15, 0.2) is 79.6 Å². The van der Waals surface area contributed by atoms with Gasteiger partial charge in [-0.05, 0) is 37.8 Å². The average molecular weight is 679 g/mol. The number of nitrogen functional groups attached to an aromatic ring is 1. The largest absolute Gasteiger partial charge is 0.465 e. The van der Waals surface area contributed by atoms with Gasteiger partial charge in [0.15, 0.2) is 17.0 Å². The molecule has 2 atom stereocenters. The van der Waals surface area contributed by atoms with Crippen molar-refractivity contribution in [3.8, 4) is 0 Å². The first-order chi connectivity index (χ1) is 23.2. The second kappa shape index (κ2) is 18.1. The van der Waals surface area contributed by atoms with Crippen LogP contribution in [0, 0.1) is 0 Å². The minimum atomic E-state index is -3.86. The lowest BCUT2D eigenvalue weighted by Gasteiger charge is -2.29. The second-order valence-corrected chi connectivity index (χ2v) is 13.0. The van der Waals surface area contributed by atoms with Crippen molar-refractivity contribution in [2.24, 2.45) is 0 Å². The normalized spacial score (nSPS) is 12.7. The molecule has 2 heterocycles. The molecule has 2 aromatic carbocycles. The first-order valence-electron chi connectivity index (χ1n) is 15.7. The molecule has 14 nitrogen and oxygen atoms in total. The molecule has 0 bridgehead atoms. The molecule has 48 heavy (non-hydrogen) atoms. The predicted octanol–water partition coefficient (Wildman–Crippen LogP) is 3.70. The lowest BCUT2D eigenvalue weighted by atomic mass is 10.1. The number of ether oxygens (including phenoxy) is 3. The van der Waals surface area contributed by atoms with E-state index in [9.17, 15) is 14.2 Å². The summed E-state index contributed by atoms with van der Waals surface area (Å²) < 4.78 is 33.2. The molecule has 5 N–H and O–H groups in total. The number of carbonyl (C=O) groups is 2. The van der Waals surface area contributed by atoms with Crippen LogP contribution in [0.5, 0.6) is 0 Å². The maximum Gasteiger partial charge on any atom is 0.323 e. The Morgan fingerprint density at radius 2 is 1.50 bits per heavy atom. The molecule has 0 fully saturated rings. The topological polar surface area (TPSA) is 185 Å². The number of aromatic nitrogens is 4. The molecule has 0 aliphatic rings. The number of nitrogens with two attached hydrogens (primary N) is 1. The summed E-state index contributed by atoms with van der Waals surface area (Å²) in [5, 5.41) is 9.10. The molecule has 0 unspecified atom stereocenters. The van der Waals surface area contributed by atoms with Crippen LogP contribution in [-0.2, 0) is 47.8 Å². The van der Waals surface area contributed by atoms with Crippen LogP contribution in [0.25, 0.3) is 11.2 Å². The van der Waals surface area contributed by atoms with Gasteiger partial charge in [-0.15, -0.1) is 6.58 Å². The highest BCUT2D eigenvalue weighted by atomic mass is 31.2.